The lowest BCUT2D eigenvalue weighted by atomic mass is 9.99. The molecule has 1 aliphatic rings. The van der Waals surface area contributed by atoms with Crippen molar-refractivity contribution in [3.8, 4) is 0 Å². The number of nitrogens with one attached hydrogen (secondary N) is 2. The predicted octanol–water partition coefficient (Wildman–Crippen LogP) is 4.90. The third kappa shape index (κ3) is 5.11. The zero-order chi connectivity index (χ0) is 22.5. The highest BCUT2D eigenvalue weighted by molar-refractivity contribution is 7.13. The molecule has 0 spiro atoms. The Balaban J connectivity index is 1.39. The summed E-state index contributed by atoms with van der Waals surface area (Å²) in [6.07, 6.45) is 2.57. The Morgan fingerprint density at radius 1 is 1.12 bits per heavy atom. The maximum absolute atomic E-state index is 13.0. The van der Waals surface area contributed by atoms with Gasteiger partial charge >= 0.3 is 6.03 Å². The fourth-order valence-corrected chi connectivity index (χ4v) is 4.58. The topological polar surface area (TPSA) is 87.2 Å². The third-order valence-corrected chi connectivity index (χ3v) is 6.52. The van der Waals surface area contributed by atoms with Crippen LogP contribution in [0.4, 0.5) is 20.6 Å². The molecular formula is C23H24FN5O2S. The van der Waals surface area contributed by atoms with Crippen molar-refractivity contribution in [2.45, 2.75) is 32.1 Å². The van der Waals surface area contributed by atoms with Crippen LogP contribution in [-0.4, -0.2) is 40.1 Å². The quantitative estimate of drug-likeness (QED) is 0.575. The first-order chi connectivity index (χ1) is 15.5. The molecule has 166 valence electrons. The summed E-state index contributed by atoms with van der Waals surface area (Å²) in [7, 11) is 0. The Hall–Kier alpha value is -3.33. The van der Waals surface area contributed by atoms with Crippen LogP contribution in [-0.2, 0) is 6.42 Å². The van der Waals surface area contributed by atoms with Gasteiger partial charge < -0.3 is 15.5 Å². The molecule has 2 N–H and O–H groups in total. The van der Waals surface area contributed by atoms with Crippen LogP contribution in [0.1, 0.15) is 46.1 Å². The van der Waals surface area contributed by atoms with Crippen molar-refractivity contribution in [3.63, 3.8) is 0 Å². The number of halogens is 1. The van der Waals surface area contributed by atoms with Crippen molar-refractivity contribution < 1.29 is 14.0 Å². The molecule has 0 unspecified atom stereocenters. The lowest BCUT2D eigenvalue weighted by Gasteiger charge is -2.31. The number of carbonyl (C=O) groups excluding carboxylic acids is 2. The molecule has 1 fully saturated rings. The van der Waals surface area contributed by atoms with E-state index in [1.807, 2.05) is 24.3 Å². The molecule has 0 saturated carbocycles. The van der Waals surface area contributed by atoms with E-state index in [0.29, 0.717) is 18.8 Å². The van der Waals surface area contributed by atoms with E-state index in [4.69, 9.17) is 0 Å². The number of anilines is 2. The lowest BCUT2D eigenvalue weighted by molar-refractivity contribution is 0.102. The first-order valence-electron chi connectivity index (χ1n) is 10.6. The van der Waals surface area contributed by atoms with Crippen molar-refractivity contribution in [1.29, 1.82) is 0 Å². The van der Waals surface area contributed by atoms with Gasteiger partial charge in [0.25, 0.3) is 5.91 Å². The highest BCUT2D eigenvalue weighted by atomic mass is 32.1. The number of likely N-dealkylation sites (tertiary alicyclic amines) is 1. The molecule has 1 aliphatic heterocycles. The Bertz CT molecular complexity index is 1100. The molecule has 2 aromatic carbocycles. The van der Waals surface area contributed by atoms with Crippen LogP contribution in [0.5, 0.6) is 0 Å². The minimum Gasteiger partial charge on any atom is -0.324 e. The minimum absolute atomic E-state index is 0.0285. The number of hydrogen-bond donors (Lipinski definition) is 2. The molecule has 4 rings (SSSR count). The fraction of sp³-hybridized carbons (Fsp3) is 0.304. The molecule has 1 saturated heterocycles. The van der Waals surface area contributed by atoms with E-state index in [1.54, 1.807) is 4.90 Å². The molecule has 3 aromatic rings. The van der Waals surface area contributed by atoms with Gasteiger partial charge in [-0.15, -0.1) is 10.2 Å². The number of hydrogen-bond acceptors (Lipinski definition) is 5. The van der Waals surface area contributed by atoms with E-state index in [2.05, 4.69) is 27.8 Å². The highest BCUT2D eigenvalue weighted by Crippen LogP contribution is 2.30. The molecule has 0 aliphatic carbocycles. The first kappa shape index (κ1) is 21.9. The van der Waals surface area contributed by atoms with E-state index in [0.717, 1.165) is 35.5 Å². The van der Waals surface area contributed by atoms with Gasteiger partial charge in [-0.1, -0.05) is 36.5 Å². The molecule has 32 heavy (non-hydrogen) atoms. The smallest absolute Gasteiger partial charge is 0.321 e. The van der Waals surface area contributed by atoms with Gasteiger partial charge in [0.1, 0.15) is 10.8 Å². The number of urea groups is 1. The van der Waals surface area contributed by atoms with Gasteiger partial charge in [-0.05, 0) is 55.2 Å². The van der Waals surface area contributed by atoms with Crippen molar-refractivity contribution in [2.75, 3.05) is 23.7 Å². The normalized spacial score (nSPS) is 15.9. The van der Waals surface area contributed by atoms with Crippen molar-refractivity contribution in [1.82, 2.24) is 15.1 Å². The van der Waals surface area contributed by atoms with Crippen LogP contribution in [0.3, 0.4) is 0 Å². The molecule has 0 bridgehead atoms. The van der Waals surface area contributed by atoms with E-state index >= 15 is 0 Å². The van der Waals surface area contributed by atoms with Crippen LogP contribution in [0, 0.1) is 5.82 Å². The number of para-hydroxylation sites is 1. The molecular weight excluding hydrogens is 429 g/mol. The lowest BCUT2D eigenvalue weighted by Crippen LogP contribution is -2.41. The molecule has 1 aromatic heterocycles. The summed E-state index contributed by atoms with van der Waals surface area (Å²) in [5, 5.41) is 14.9. The minimum atomic E-state index is -0.387. The third-order valence-electron chi connectivity index (χ3n) is 5.43. The largest absolute Gasteiger partial charge is 0.324 e. The molecule has 7 nitrogen and oxygen atoms in total. The standard InChI is InChI=1S/C23H24FN5O2S/c1-2-15-6-3-4-8-19(15)26-23(31)29-13-5-7-16(14-29)21-27-28-22(32-21)20(30)25-18-11-9-17(24)10-12-18/h3-4,6,8-12,16H,2,5,7,13-14H2,1H3,(H,25,30)(H,26,31)/t16-/m1/s1. The highest BCUT2D eigenvalue weighted by Gasteiger charge is 2.28. The average Bonchev–Trinajstić information content (AvgIpc) is 3.32. The van der Waals surface area contributed by atoms with Gasteiger partial charge in [0, 0.05) is 30.4 Å². The Kier molecular flexibility index (Phi) is 6.75. The summed E-state index contributed by atoms with van der Waals surface area (Å²) in [6.45, 7) is 3.25. The van der Waals surface area contributed by atoms with E-state index in [1.165, 1.54) is 35.6 Å². The number of piperidine rings is 1. The number of carbonyl (C=O) groups is 2. The summed E-state index contributed by atoms with van der Waals surface area (Å²) in [5.74, 6) is -0.729. The first-order valence-corrected chi connectivity index (χ1v) is 11.4. The summed E-state index contributed by atoms with van der Waals surface area (Å²) < 4.78 is 13.0. The Morgan fingerprint density at radius 3 is 2.69 bits per heavy atom. The van der Waals surface area contributed by atoms with Crippen molar-refractivity contribution in [2.24, 2.45) is 0 Å². The van der Waals surface area contributed by atoms with Crippen LogP contribution in [0.15, 0.2) is 48.5 Å². The maximum atomic E-state index is 13.0. The second-order valence-corrected chi connectivity index (χ2v) is 8.64. The number of amides is 3. The van der Waals surface area contributed by atoms with Crippen molar-refractivity contribution >= 4 is 34.6 Å². The van der Waals surface area contributed by atoms with Gasteiger partial charge in [-0.25, -0.2) is 9.18 Å². The number of benzene rings is 2. The van der Waals surface area contributed by atoms with Crippen LogP contribution in [0.25, 0.3) is 0 Å². The molecule has 3 amide bonds. The zero-order valence-electron chi connectivity index (χ0n) is 17.7. The summed E-state index contributed by atoms with van der Waals surface area (Å²) >= 11 is 1.23. The second kappa shape index (κ2) is 9.86. The summed E-state index contributed by atoms with van der Waals surface area (Å²) in [4.78, 5) is 27.1. The summed E-state index contributed by atoms with van der Waals surface area (Å²) in [6, 6.07) is 13.2. The monoisotopic (exact) mass is 453 g/mol. The number of rotatable bonds is 5. The average molecular weight is 454 g/mol. The van der Waals surface area contributed by atoms with Gasteiger partial charge in [-0.2, -0.15) is 0 Å². The Morgan fingerprint density at radius 2 is 1.91 bits per heavy atom. The van der Waals surface area contributed by atoms with Gasteiger partial charge in [0.15, 0.2) is 0 Å². The van der Waals surface area contributed by atoms with Crippen LogP contribution < -0.4 is 10.6 Å². The summed E-state index contributed by atoms with van der Waals surface area (Å²) in [5.41, 5.74) is 2.41. The number of aromatic nitrogens is 2. The fourth-order valence-electron chi connectivity index (χ4n) is 3.72. The second-order valence-electron chi connectivity index (χ2n) is 7.63. The van der Waals surface area contributed by atoms with E-state index < -0.39 is 0 Å². The Labute approximate surface area is 189 Å². The molecule has 2 heterocycles. The van der Waals surface area contributed by atoms with E-state index in [-0.39, 0.29) is 28.7 Å². The number of nitrogens with zero attached hydrogens (tertiary/aromatic N) is 3. The van der Waals surface area contributed by atoms with Gasteiger partial charge in [0.05, 0.1) is 0 Å². The SMILES string of the molecule is CCc1ccccc1NC(=O)N1CCC[C@@H](c2nnc(C(=O)Nc3ccc(F)cc3)s2)C1. The maximum Gasteiger partial charge on any atom is 0.321 e. The number of aryl methyl sites for hydroxylation is 1. The molecule has 9 heteroatoms. The van der Waals surface area contributed by atoms with Gasteiger partial charge in [-0.3, -0.25) is 4.79 Å². The molecule has 1 atom stereocenters. The van der Waals surface area contributed by atoms with E-state index in [9.17, 15) is 14.0 Å². The van der Waals surface area contributed by atoms with Crippen LogP contribution in [0.2, 0.25) is 0 Å². The van der Waals surface area contributed by atoms with Gasteiger partial charge in [0.2, 0.25) is 5.01 Å². The predicted molar refractivity (Wildman–Crippen MR) is 123 cm³/mol. The van der Waals surface area contributed by atoms with Crippen molar-refractivity contribution in [3.05, 3.63) is 69.9 Å². The van der Waals surface area contributed by atoms with Crippen LogP contribution >= 0.6 is 11.3 Å². The molecule has 0 radical (unpaired) electrons. The zero-order valence-corrected chi connectivity index (χ0v) is 18.5.